The van der Waals surface area contributed by atoms with E-state index in [4.69, 9.17) is 16.0 Å². The summed E-state index contributed by atoms with van der Waals surface area (Å²) in [5, 5.41) is 5.01. The van der Waals surface area contributed by atoms with Crippen LogP contribution in [0.2, 0.25) is 5.02 Å². The summed E-state index contributed by atoms with van der Waals surface area (Å²) in [6.45, 7) is 0. The second-order valence-electron chi connectivity index (χ2n) is 5.83. The number of fused-ring (bicyclic) bond motifs is 4. The van der Waals surface area contributed by atoms with E-state index in [-0.39, 0.29) is 0 Å². The third kappa shape index (κ3) is 2.00. The topological polar surface area (TPSA) is 26.0 Å². The highest BCUT2D eigenvalue weighted by atomic mass is 35.5. The van der Waals surface area contributed by atoms with Gasteiger partial charge >= 0.3 is 0 Å². The largest absolute Gasteiger partial charge is 0.435 e. The van der Waals surface area contributed by atoms with E-state index in [1.165, 1.54) is 10.8 Å². The molecule has 114 valence electrons. The van der Waals surface area contributed by atoms with Crippen molar-refractivity contribution in [3.05, 3.63) is 77.8 Å². The Labute approximate surface area is 143 Å². The van der Waals surface area contributed by atoms with Crippen molar-refractivity contribution in [3.63, 3.8) is 0 Å². The molecular formula is C21H12ClNO. The molecular weight excluding hydrogens is 318 g/mol. The maximum atomic E-state index is 6.38. The molecule has 0 atom stereocenters. The molecule has 2 nitrogen and oxygen atoms in total. The molecule has 0 aliphatic rings. The molecule has 0 radical (unpaired) electrons. The molecule has 0 aliphatic carbocycles. The van der Waals surface area contributed by atoms with Crippen LogP contribution in [0, 0.1) is 0 Å². The minimum atomic E-state index is 0.614. The molecule has 0 saturated heterocycles. The first-order chi connectivity index (χ1) is 11.8. The zero-order valence-electron chi connectivity index (χ0n) is 12.7. The first-order valence-electron chi connectivity index (χ1n) is 7.76. The maximum Gasteiger partial charge on any atom is 0.227 e. The molecule has 0 amide bonds. The molecule has 4 aromatic carbocycles. The Morgan fingerprint density at radius 3 is 2.46 bits per heavy atom. The average Bonchev–Trinajstić information content (AvgIpc) is 3.05. The normalized spacial score (nSPS) is 11.5. The van der Waals surface area contributed by atoms with Gasteiger partial charge in [-0.3, -0.25) is 0 Å². The summed E-state index contributed by atoms with van der Waals surface area (Å²) < 4.78 is 6.10. The van der Waals surface area contributed by atoms with Gasteiger partial charge in [-0.1, -0.05) is 60.1 Å². The Morgan fingerprint density at radius 1 is 0.750 bits per heavy atom. The van der Waals surface area contributed by atoms with Crippen LogP contribution in [0.4, 0.5) is 0 Å². The highest BCUT2D eigenvalue weighted by Gasteiger charge is 2.13. The molecule has 0 unspecified atom stereocenters. The zero-order valence-corrected chi connectivity index (χ0v) is 13.4. The summed E-state index contributed by atoms with van der Waals surface area (Å²) in [7, 11) is 0. The first-order valence-corrected chi connectivity index (χ1v) is 8.14. The number of aromatic nitrogens is 1. The molecule has 0 saturated carbocycles. The quantitative estimate of drug-likeness (QED) is 0.353. The molecule has 1 heterocycles. The number of halogens is 1. The van der Waals surface area contributed by atoms with E-state index >= 15 is 0 Å². The minimum absolute atomic E-state index is 0.614. The van der Waals surface area contributed by atoms with Crippen molar-refractivity contribution in [1.29, 1.82) is 0 Å². The smallest absolute Gasteiger partial charge is 0.227 e. The van der Waals surface area contributed by atoms with Crippen LogP contribution in [0.15, 0.2) is 77.2 Å². The van der Waals surface area contributed by atoms with Gasteiger partial charge in [0.1, 0.15) is 5.52 Å². The van der Waals surface area contributed by atoms with E-state index in [9.17, 15) is 0 Å². The predicted octanol–water partition coefficient (Wildman–Crippen LogP) is 6.45. The maximum absolute atomic E-state index is 6.38. The summed E-state index contributed by atoms with van der Waals surface area (Å²) >= 11 is 6.38. The SMILES string of the molecule is Clc1cccc2ccc3nc(-c4ccc5ccccc5c4)oc3c12. The highest BCUT2D eigenvalue weighted by Crippen LogP contribution is 2.34. The molecule has 0 aliphatic heterocycles. The van der Waals surface area contributed by atoms with Crippen LogP contribution in [-0.4, -0.2) is 4.98 Å². The minimum Gasteiger partial charge on any atom is -0.435 e. The van der Waals surface area contributed by atoms with Crippen LogP contribution >= 0.6 is 11.6 Å². The Hall–Kier alpha value is -2.84. The predicted molar refractivity (Wildman–Crippen MR) is 99.5 cm³/mol. The molecule has 5 aromatic rings. The van der Waals surface area contributed by atoms with Gasteiger partial charge in [0.15, 0.2) is 5.58 Å². The Balaban J connectivity index is 1.78. The van der Waals surface area contributed by atoms with Crippen molar-refractivity contribution in [2.45, 2.75) is 0 Å². The summed E-state index contributed by atoms with van der Waals surface area (Å²) in [6.07, 6.45) is 0. The van der Waals surface area contributed by atoms with Crippen molar-refractivity contribution in [2.75, 3.05) is 0 Å². The van der Waals surface area contributed by atoms with Crippen LogP contribution in [0.5, 0.6) is 0 Å². The number of rotatable bonds is 1. The molecule has 24 heavy (non-hydrogen) atoms. The monoisotopic (exact) mass is 329 g/mol. The van der Waals surface area contributed by atoms with E-state index in [1.54, 1.807) is 0 Å². The van der Waals surface area contributed by atoms with Crippen molar-refractivity contribution < 1.29 is 4.42 Å². The van der Waals surface area contributed by atoms with E-state index in [0.717, 1.165) is 27.4 Å². The summed E-state index contributed by atoms with van der Waals surface area (Å²) in [4.78, 5) is 4.66. The fourth-order valence-corrected chi connectivity index (χ4v) is 3.43. The highest BCUT2D eigenvalue weighted by molar-refractivity contribution is 6.37. The van der Waals surface area contributed by atoms with E-state index in [2.05, 4.69) is 29.2 Å². The van der Waals surface area contributed by atoms with Gasteiger partial charge in [-0.2, -0.15) is 0 Å². The lowest BCUT2D eigenvalue weighted by Crippen LogP contribution is -1.78. The molecule has 0 N–H and O–H groups in total. The van der Waals surface area contributed by atoms with Gasteiger partial charge in [-0.15, -0.1) is 0 Å². The lowest BCUT2D eigenvalue weighted by atomic mass is 10.1. The van der Waals surface area contributed by atoms with Crippen LogP contribution in [0.25, 0.3) is 44.1 Å². The zero-order chi connectivity index (χ0) is 16.1. The molecule has 0 spiro atoms. The van der Waals surface area contributed by atoms with Crippen LogP contribution in [0.3, 0.4) is 0 Å². The molecule has 5 rings (SSSR count). The van der Waals surface area contributed by atoms with E-state index < -0.39 is 0 Å². The molecule has 0 bridgehead atoms. The second-order valence-corrected chi connectivity index (χ2v) is 6.24. The molecule has 1 aromatic heterocycles. The lowest BCUT2D eigenvalue weighted by Gasteiger charge is -2.00. The fourth-order valence-electron chi connectivity index (χ4n) is 3.16. The lowest BCUT2D eigenvalue weighted by molar-refractivity contribution is 0.623. The van der Waals surface area contributed by atoms with Crippen LogP contribution < -0.4 is 0 Å². The Kier molecular flexibility index (Phi) is 2.88. The standard InChI is InChI=1S/C21H12ClNO/c22-17-7-3-6-14-10-11-18-20(19(14)17)24-21(23-18)16-9-8-13-4-1-2-5-15(13)12-16/h1-12H. The van der Waals surface area contributed by atoms with Gasteiger partial charge in [-0.25, -0.2) is 4.98 Å². The number of hydrogen-bond donors (Lipinski definition) is 0. The number of oxazole rings is 1. The van der Waals surface area contributed by atoms with E-state index in [1.807, 2.05) is 48.5 Å². The number of hydrogen-bond acceptors (Lipinski definition) is 2. The van der Waals surface area contributed by atoms with Crippen molar-refractivity contribution in [3.8, 4) is 11.5 Å². The summed E-state index contributed by atoms with van der Waals surface area (Å²) in [5.41, 5.74) is 2.52. The molecule has 3 heteroatoms. The van der Waals surface area contributed by atoms with E-state index in [0.29, 0.717) is 10.9 Å². The number of benzene rings is 4. The van der Waals surface area contributed by atoms with Crippen molar-refractivity contribution in [1.82, 2.24) is 4.98 Å². The third-order valence-electron chi connectivity index (χ3n) is 4.34. The van der Waals surface area contributed by atoms with Crippen LogP contribution in [-0.2, 0) is 0 Å². The van der Waals surface area contributed by atoms with Gasteiger partial charge < -0.3 is 4.42 Å². The number of nitrogens with zero attached hydrogens (tertiary/aromatic N) is 1. The second kappa shape index (κ2) is 5.08. The van der Waals surface area contributed by atoms with Crippen molar-refractivity contribution >= 4 is 44.2 Å². The fraction of sp³-hybridized carbons (Fsp3) is 0. The van der Waals surface area contributed by atoms with Gasteiger partial charge in [0, 0.05) is 10.9 Å². The first kappa shape index (κ1) is 13.6. The van der Waals surface area contributed by atoms with Gasteiger partial charge in [-0.05, 0) is 40.4 Å². The summed E-state index contributed by atoms with van der Waals surface area (Å²) in [6, 6.07) is 24.3. The third-order valence-corrected chi connectivity index (χ3v) is 4.66. The Morgan fingerprint density at radius 2 is 1.54 bits per heavy atom. The van der Waals surface area contributed by atoms with Crippen molar-refractivity contribution in [2.24, 2.45) is 0 Å². The van der Waals surface area contributed by atoms with Gasteiger partial charge in [0.05, 0.1) is 5.02 Å². The van der Waals surface area contributed by atoms with Gasteiger partial charge in [0.2, 0.25) is 5.89 Å². The Bertz CT molecular complexity index is 1220. The molecule has 0 fully saturated rings. The average molecular weight is 330 g/mol. The summed E-state index contributed by atoms with van der Waals surface area (Å²) in [5.74, 6) is 0.614. The van der Waals surface area contributed by atoms with Crippen LogP contribution in [0.1, 0.15) is 0 Å². The van der Waals surface area contributed by atoms with Gasteiger partial charge in [0.25, 0.3) is 0 Å².